The van der Waals surface area contributed by atoms with E-state index in [0.29, 0.717) is 8.73 Å². The predicted molar refractivity (Wildman–Crippen MR) is 51.5 cm³/mol. The average Bonchev–Trinajstić information content (AvgIpc) is 2.05. The lowest BCUT2D eigenvalue weighted by atomic mass is 10.5. The average molecular weight is 192 g/mol. The van der Waals surface area contributed by atoms with Gasteiger partial charge in [0.25, 0.3) is 0 Å². The molecule has 0 saturated carbocycles. The lowest BCUT2D eigenvalue weighted by Crippen LogP contribution is -2.50. The molecule has 1 aliphatic heterocycles. The molecule has 12 heavy (non-hydrogen) atoms. The Bertz CT molecular complexity index is 58.9. The number of hydrogen-bond donors (Lipinski definition) is 6. The number of hydrazine groups is 3. The van der Waals surface area contributed by atoms with Crippen molar-refractivity contribution in [1.29, 1.82) is 0 Å². The smallest absolute Gasteiger partial charge is 0.0273 e. The monoisotopic (exact) mass is 192 g/mol. The lowest BCUT2D eigenvalue weighted by molar-refractivity contribution is 0.416. The van der Waals surface area contributed by atoms with E-state index in [9.17, 15) is 0 Å². The largest absolute Gasteiger partial charge is 0.314 e. The zero-order valence-electron chi connectivity index (χ0n) is 7.04. The fourth-order valence-corrected chi connectivity index (χ4v) is 1.37. The zero-order chi connectivity index (χ0) is 8.49. The summed E-state index contributed by atoms with van der Waals surface area (Å²) >= 11 is 0. The van der Waals surface area contributed by atoms with E-state index < -0.39 is 0 Å². The molecule has 0 bridgehead atoms. The van der Waals surface area contributed by atoms with Gasteiger partial charge >= 0.3 is 0 Å². The van der Waals surface area contributed by atoms with Crippen LogP contribution in [-0.4, -0.2) is 32.5 Å². The van der Waals surface area contributed by atoms with Gasteiger partial charge in [0, 0.05) is 32.5 Å². The fourth-order valence-electron chi connectivity index (χ4n) is 0.830. The molecule has 0 radical (unpaired) electrons. The van der Waals surface area contributed by atoms with Gasteiger partial charge in [0.2, 0.25) is 0 Å². The molecule has 1 atom stereocenters. The molecule has 1 saturated heterocycles. The van der Waals surface area contributed by atoms with Crippen LogP contribution in [0.4, 0.5) is 0 Å². The minimum atomic E-state index is 0.675. The maximum atomic E-state index is 3.30. The van der Waals surface area contributed by atoms with Crippen molar-refractivity contribution in [3.63, 3.8) is 0 Å². The van der Waals surface area contributed by atoms with Crippen molar-refractivity contribution in [2.24, 2.45) is 0 Å². The van der Waals surface area contributed by atoms with Crippen LogP contribution in [0.2, 0.25) is 0 Å². The summed E-state index contributed by atoms with van der Waals surface area (Å²) in [5.41, 5.74) is 8.67. The van der Waals surface area contributed by atoms with E-state index >= 15 is 0 Å². The molecule has 1 rings (SSSR count). The normalized spacial score (nSPS) is 26.0. The van der Waals surface area contributed by atoms with E-state index in [-0.39, 0.29) is 0 Å². The van der Waals surface area contributed by atoms with Crippen molar-refractivity contribution >= 4 is 8.73 Å². The summed E-state index contributed by atoms with van der Waals surface area (Å²) in [4.78, 5) is 0. The van der Waals surface area contributed by atoms with Crippen LogP contribution >= 0.6 is 8.73 Å². The SMILES string of the molecule is C1CNCPNNNNCCN1. The van der Waals surface area contributed by atoms with E-state index in [1.54, 1.807) is 0 Å². The summed E-state index contributed by atoms with van der Waals surface area (Å²) in [6.45, 7) is 3.93. The topological polar surface area (TPSA) is 72.2 Å². The van der Waals surface area contributed by atoms with Crippen LogP contribution in [-0.2, 0) is 0 Å². The molecule has 6 nitrogen and oxygen atoms in total. The van der Waals surface area contributed by atoms with Gasteiger partial charge in [-0.1, -0.05) is 0 Å². The first-order chi connectivity index (χ1) is 6.00. The van der Waals surface area contributed by atoms with E-state index in [1.165, 1.54) is 0 Å². The van der Waals surface area contributed by atoms with Crippen molar-refractivity contribution < 1.29 is 0 Å². The van der Waals surface area contributed by atoms with Crippen molar-refractivity contribution in [2.75, 3.05) is 32.5 Å². The second kappa shape index (κ2) is 7.82. The van der Waals surface area contributed by atoms with Gasteiger partial charge in [-0.05, 0) is 8.73 Å². The fraction of sp³-hybridized carbons (Fsp3) is 1.00. The summed E-state index contributed by atoms with van der Waals surface area (Å²) in [6.07, 6.45) is 0.996. The highest BCUT2D eigenvalue weighted by Crippen LogP contribution is 1.94. The Kier molecular flexibility index (Phi) is 6.69. The highest BCUT2D eigenvalue weighted by atomic mass is 31.1. The third kappa shape index (κ3) is 5.79. The first-order valence-corrected chi connectivity index (χ1v) is 5.33. The molecule has 1 heterocycles. The molecule has 7 heteroatoms. The minimum absolute atomic E-state index is 0.675. The minimum Gasteiger partial charge on any atom is -0.314 e. The van der Waals surface area contributed by atoms with Gasteiger partial charge < -0.3 is 10.6 Å². The van der Waals surface area contributed by atoms with Gasteiger partial charge in [0.1, 0.15) is 0 Å². The van der Waals surface area contributed by atoms with E-state index in [4.69, 9.17) is 0 Å². The second-order valence-electron chi connectivity index (χ2n) is 2.41. The Morgan fingerprint density at radius 2 is 1.67 bits per heavy atom. The summed E-state index contributed by atoms with van der Waals surface area (Å²) in [7, 11) is 0.675. The van der Waals surface area contributed by atoms with Gasteiger partial charge in [-0.15, -0.1) is 0 Å². The van der Waals surface area contributed by atoms with Crippen LogP contribution in [0.5, 0.6) is 0 Å². The van der Waals surface area contributed by atoms with Gasteiger partial charge in [0.05, 0.1) is 0 Å². The van der Waals surface area contributed by atoms with Gasteiger partial charge in [0.15, 0.2) is 0 Å². The molecule has 0 spiro atoms. The highest BCUT2D eigenvalue weighted by molar-refractivity contribution is 7.35. The Morgan fingerprint density at radius 3 is 2.67 bits per heavy atom. The van der Waals surface area contributed by atoms with Crippen molar-refractivity contribution in [3.8, 4) is 0 Å². The third-order valence-electron chi connectivity index (χ3n) is 1.42. The van der Waals surface area contributed by atoms with Crippen LogP contribution in [0, 0.1) is 0 Å². The maximum absolute atomic E-state index is 3.30. The van der Waals surface area contributed by atoms with E-state index in [0.717, 1.165) is 32.5 Å². The molecule has 1 aliphatic rings. The zero-order valence-corrected chi connectivity index (χ0v) is 8.04. The summed E-state index contributed by atoms with van der Waals surface area (Å²) in [5, 5.41) is 9.62. The number of hydrogen-bond acceptors (Lipinski definition) is 6. The molecule has 0 amide bonds. The van der Waals surface area contributed by atoms with Crippen LogP contribution in [0.1, 0.15) is 0 Å². The highest BCUT2D eigenvalue weighted by Gasteiger charge is 1.90. The summed E-state index contributed by atoms with van der Waals surface area (Å²) in [5.74, 6) is 0. The van der Waals surface area contributed by atoms with Gasteiger partial charge in [-0.3, -0.25) is 0 Å². The Labute approximate surface area is 74.4 Å². The molecule has 0 aromatic heterocycles. The molecule has 6 N–H and O–H groups in total. The second-order valence-corrected chi connectivity index (χ2v) is 3.36. The molecular formula is C5H17N6P. The Balaban J connectivity index is 2.00. The van der Waals surface area contributed by atoms with Gasteiger partial charge in [-0.2, -0.15) is 11.1 Å². The first-order valence-electron chi connectivity index (χ1n) is 4.12. The first kappa shape index (κ1) is 10.3. The molecule has 72 valence electrons. The van der Waals surface area contributed by atoms with Crippen LogP contribution in [0.3, 0.4) is 0 Å². The van der Waals surface area contributed by atoms with Crippen molar-refractivity contribution in [2.45, 2.75) is 0 Å². The van der Waals surface area contributed by atoms with Crippen LogP contribution < -0.4 is 32.3 Å². The number of rotatable bonds is 0. The van der Waals surface area contributed by atoms with Crippen molar-refractivity contribution in [3.05, 3.63) is 0 Å². The number of nitrogens with one attached hydrogen (secondary N) is 6. The molecule has 1 unspecified atom stereocenters. The van der Waals surface area contributed by atoms with Crippen LogP contribution in [0.15, 0.2) is 0 Å². The Hall–Kier alpha value is 0.190. The van der Waals surface area contributed by atoms with E-state index in [2.05, 4.69) is 32.3 Å². The summed E-state index contributed by atoms with van der Waals surface area (Å²) in [6, 6.07) is 0. The summed E-state index contributed by atoms with van der Waals surface area (Å²) < 4.78 is 0. The van der Waals surface area contributed by atoms with Crippen LogP contribution in [0.25, 0.3) is 0 Å². The molecule has 0 aliphatic carbocycles. The maximum Gasteiger partial charge on any atom is 0.0273 e. The Morgan fingerprint density at radius 1 is 0.833 bits per heavy atom. The molecular weight excluding hydrogens is 175 g/mol. The van der Waals surface area contributed by atoms with Crippen molar-refractivity contribution in [1.82, 2.24) is 32.3 Å². The standard InChI is InChI=1S/C5H17N6P/c1-2-7-5-12-11-10-9-8-4-3-6-1/h6-12H,1-5H2. The molecule has 0 aromatic rings. The van der Waals surface area contributed by atoms with E-state index in [1.807, 2.05) is 0 Å². The quantitative estimate of drug-likeness (QED) is 0.246. The molecule has 1 fully saturated rings. The van der Waals surface area contributed by atoms with Gasteiger partial charge in [-0.25, -0.2) is 10.6 Å². The third-order valence-corrected chi connectivity index (χ3v) is 2.15. The molecule has 0 aromatic carbocycles. The predicted octanol–water partition coefficient (Wildman–Crippen LogP) is -2.17. The lowest BCUT2D eigenvalue weighted by Gasteiger charge is -2.12.